The van der Waals surface area contributed by atoms with Crippen LogP contribution in [0.4, 0.5) is 0 Å². The molecular weight excluding hydrogens is 681 g/mol. The second-order valence-corrected chi connectivity index (χ2v) is 15.0. The van der Waals surface area contributed by atoms with Crippen molar-refractivity contribution in [2.45, 2.75) is 37.5 Å². The first kappa shape index (κ1) is 33.6. The van der Waals surface area contributed by atoms with Gasteiger partial charge in [-0.15, -0.1) is 0 Å². The number of nitriles is 1. The van der Waals surface area contributed by atoms with Gasteiger partial charge in [0.05, 0.1) is 11.6 Å². The number of fused-ring (bicyclic) bond motifs is 5. The predicted octanol–water partition coefficient (Wildman–Crippen LogP) is 13.0. The van der Waals surface area contributed by atoms with Crippen LogP contribution in [0.3, 0.4) is 0 Å². The van der Waals surface area contributed by atoms with Crippen LogP contribution in [0.15, 0.2) is 170 Å². The van der Waals surface area contributed by atoms with E-state index in [1.165, 1.54) is 58.2 Å². The van der Waals surface area contributed by atoms with Gasteiger partial charge in [0.2, 0.25) is 0 Å². The summed E-state index contributed by atoms with van der Waals surface area (Å²) >= 11 is 0. The summed E-state index contributed by atoms with van der Waals surface area (Å²) in [5.41, 5.74) is 15.7. The van der Waals surface area contributed by atoms with Crippen molar-refractivity contribution >= 4 is 0 Å². The average Bonchev–Trinajstić information content (AvgIpc) is 3.55. The molecule has 4 nitrogen and oxygen atoms in total. The van der Waals surface area contributed by atoms with E-state index >= 15 is 0 Å². The van der Waals surface area contributed by atoms with Gasteiger partial charge in [-0.05, 0) is 92.7 Å². The summed E-state index contributed by atoms with van der Waals surface area (Å²) in [6.07, 6.45) is 6.04. The third-order valence-electron chi connectivity index (χ3n) is 11.8. The van der Waals surface area contributed by atoms with E-state index in [2.05, 4.69) is 133 Å². The highest BCUT2D eigenvalue weighted by Gasteiger charge is 2.44. The van der Waals surface area contributed by atoms with Crippen LogP contribution in [0.5, 0.6) is 0 Å². The largest absolute Gasteiger partial charge is 0.208 e. The minimum Gasteiger partial charge on any atom is -0.208 e. The Hall–Kier alpha value is -6.96. The Balaban J connectivity index is 1.05. The van der Waals surface area contributed by atoms with Crippen LogP contribution in [0.1, 0.15) is 48.8 Å². The van der Waals surface area contributed by atoms with Gasteiger partial charge in [-0.1, -0.05) is 165 Å². The molecule has 0 bridgehead atoms. The molecule has 0 N–H and O–H groups in total. The summed E-state index contributed by atoms with van der Waals surface area (Å²) in [6.45, 7) is 0. The zero-order chi connectivity index (χ0) is 37.5. The maximum atomic E-state index is 9.91. The van der Waals surface area contributed by atoms with E-state index in [4.69, 9.17) is 15.0 Å². The summed E-state index contributed by atoms with van der Waals surface area (Å²) in [5.74, 6) is 1.90. The van der Waals surface area contributed by atoms with E-state index in [-0.39, 0.29) is 5.41 Å². The Kier molecular flexibility index (Phi) is 8.42. The van der Waals surface area contributed by atoms with Gasteiger partial charge >= 0.3 is 0 Å². The van der Waals surface area contributed by atoms with Gasteiger partial charge in [0, 0.05) is 22.1 Å². The standard InChI is InChI=1S/C52H38N4/c53-34-35-23-28-46-45(31-35)48-44(21-12-22-47(48)52(46)29-8-3-9-30-52)42-19-10-17-40(32-42)41-18-11-20-43(33-41)51-55-49(38-15-6-2-7-16-38)54-50(56-51)39-26-24-37(25-27-39)36-13-4-1-5-14-36/h1-2,4-7,10-28,31-33H,3,8-9,29-30H2. The Morgan fingerprint density at radius 3 is 1.59 bits per heavy atom. The molecule has 7 aromatic carbocycles. The van der Waals surface area contributed by atoms with Crippen LogP contribution in [0.2, 0.25) is 0 Å². The lowest BCUT2D eigenvalue weighted by atomic mass is 9.67. The lowest BCUT2D eigenvalue weighted by molar-refractivity contribution is 0.353. The molecule has 0 atom stereocenters. The molecule has 0 aliphatic heterocycles. The highest BCUT2D eigenvalue weighted by molar-refractivity contribution is 5.94. The fourth-order valence-electron chi connectivity index (χ4n) is 9.06. The van der Waals surface area contributed by atoms with Crippen LogP contribution >= 0.6 is 0 Å². The van der Waals surface area contributed by atoms with Gasteiger partial charge in [0.25, 0.3) is 0 Å². The molecule has 2 aliphatic rings. The minimum absolute atomic E-state index is 0.0186. The van der Waals surface area contributed by atoms with Gasteiger partial charge in [-0.2, -0.15) is 5.26 Å². The van der Waals surface area contributed by atoms with E-state index in [1.807, 2.05) is 42.5 Å². The molecule has 1 fully saturated rings. The molecule has 1 saturated carbocycles. The normalized spacial score (nSPS) is 13.8. The van der Waals surface area contributed by atoms with Crippen molar-refractivity contribution in [1.82, 2.24) is 15.0 Å². The first-order valence-electron chi connectivity index (χ1n) is 19.5. The quantitative estimate of drug-likeness (QED) is 0.172. The molecule has 10 rings (SSSR count). The van der Waals surface area contributed by atoms with Crippen LogP contribution < -0.4 is 0 Å². The molecule has 0 saturated heterocycles. The average molecular weight is 719 g/mol. The number of aromatic nitrogens is 3. The van der Waals surface area contributed by atoms with Crippen molar-refractivity contribution in [3.05, 3.63) is 187 Å². The van der Waals surface area contributed by atoms with Gasteiger partial charge in [-0.3, -0.25) is 0 Å². The monoisotopic (exact) mass is 718 g/mol. The zero-order valence-corrected chi connectivity index (χ0v) is 31.0. The minimum atomic E-state index is 0.0186. The lowest BCUT2D eigenvalue weighted by Gasteiger charge is -2.36. The maximum Gasteiger partial charge on any atom is 0.164 e. The third kappa shape index (κ3) is 5.90. The third-order valence-corrected chi connectivity index (χ3v) is 11.8. The lowest BCUT2D eigenvalue weighted by Crippen LogP contribution is -2.28. The molecule has 0 amide bonds. The van der Waals surface area contributed by atoms with Gasteiger partial charge in [0.15, 0.2) is 17.5 Å². The maximum absolute atomic E-state index is 9.91. The molecule has 2 aliphatic carbocycles. The molecule has 1 heterocycles. The SMILES string of the molecule is N#Cc1ccc2c(c1)-c1c(-c3cccc(-c4cccc(-c5nc(-c6ccccc6)nc(-c6ccc(-c7ccccc7)cc6)n5)c4)c3)cccc1C21CCCCC1. The first-order chi connectivity index (χ1) is 27.7. The van der Waals surface area contributed by atoms with E-state index in [0.717, 1.165) is 46.2 Å². The number of rotatable bonds is 6. The summed E-state index contributed by atoms with van der Waals surface area (Å²) in [6, 6.07) is 61.9. The van der Waals surface area contributed by atoms with E-state index in [9.17, 15) is 5.26 Å². The highest BCUT2D eigenvalue weighted by Crippen LogP contribution is 2.58. The number of hydrogen-bond donors (Lipinski definition) is 0. The van der Waals surface area contributed by atoms with Crippen molar-refractivity contribution in [1.29, 1.82) is 5.26 Å². The number of hydrogen-bond acceptors (Lipinski definition) is 4. The Bertz CT molecular complexity index is 2780. The summed E-state index contributed by atoms with van der Waals surface area (Å²) in [7, 11) is 0. The zero-order valence-electron chi connectivity index (χ0n) is 31.0. The van der Waals surface area contributed by atoms with Crippen LogP contribution in [0.25, 0.3) is 78.7 Å². The predicted molar refractivity (Wildman–Crippen MR) is 226 cm³/mol. The molecule has 1 aromatic heterocycles. The van der Waals surface area contributed by atoms with Crippen molar-refractivity contribution in [3.8, 4) is 84.7 Å². The van der Waals surface area contributed by atoms with Gasteiger partial charge < -0.3 is 0 Å². The smallest absolute Gasteiger partial charge is 0.164 e. The number of nitrogens with zero attached hydrogens (tertiary/aromatic N) is 4. The van der Waals surface area contributed by atoms with Crippen LogP contribution in [-0.2, 0) is 5.41 Å². The van der Waals surface area contributed by atoms with Crippen LogP contribution in [0, 0.1) is 11.3 Å². The van der Waals surface area contributed by atoms with Crippen LogP contribution in [-0.4, -0.2) is 15.0 Å². The molecule has 4 heteroatoms. The molecule has 0 unspecified atom stereocenters. The fourth-order valence-corrected chi connectivity index (χ4v) is 9.06. The Morgan fingerprint density at radius 1 is 0.393 bits per heavy atom. The second-order valence-electron chi connectivity index (χ2n) is 15.0. The highest BCUT2D eigenvalue weighted by atomic mass is 15.0. The topological polar surface area (TPSA) is 62.5 Å². The van der Waals surface area contributed by atoms with Gasteiger partial charge in [-0.25, -0.2) is 15.0 Å². The molecule has 0 radical (unpaired) electrons. The summed E-state index contributed by atoms with van der Waals surface area (Å²) in [4.78, 5) is 15.1. The van der Waals surface area contributed by atoms with E-state index in [1.54, 1.807) is 0 Å². The summed E-state index contributed by atoms with van der Waals surface area (Å²) < 4.78 is 0. The Morgan fingerprint density at radius 2 is 0.911 bits per heavy atom. The van der Waals surface area contributed by atoms with Crippen molar-refractivity contribution in [2.75, 3.05) is 0 Å². The van der Waals surface area contributed by atoms with E-state index in [0.29, 0.717) is 23.0 Å². The van der Waals surface area contributed by atoms with Crippen molar-refractivity contribution < 1.29 is 0 Å². The summed E-state index contributed by atoms with van der Waals surface area (Å²) in [5, 5.41) is 9.91. The second kappa shape index (κ2) is 14.0. The fraction of sp³-hybridized carbons (Fsp3) is 0.115. The molecular formula is C52H38N4. The first-order valence-corrected chi connectivity index (χ1v) is 19.5. The van der Waals surface area contributed by atoms with Crippen molar-refractivity contribution in [3.63, 3.8) is 0 Å². The number of benzene rings is 7. The van der Waals surface area contributed by atoms with Gasteiger partial charge in [0.1, 0.15) is 0 Å². The van der Waals surface area contributed by atoms with Crippen molar-refractivity contribution in [2.24, 2.45) is 0 Å². The molecule has 56 heavy (non-hydrogen) atoms. The molecule has 1 spiro atoms. The Labute approximate surface area is 327 Å². The molecule has 266 valence electrons. The van der Waals surface area contributed by atoms with E-state index < -0.39 is 0 Å². The molecule has 8 aromatic rings.